The molecule has 5 nitrogen and oxygen atoms in total. The molecule has 0 aliphatic heterocycles. The third-order valence-electron chi connectivity index (χ3n) is 4.00. The molecule has 0 saturated carbocycles. The van der Waals surface area contributed by atoms with Crippen molar-refractivity contribution in [3.05, 3.63) is 39.9 Å². The summed E-state index contributed by atoms with van der Waals surface area (Å²) >= 11 is 5.93. The highest BCUT2D eigenvalue weighted by Crippen LogP contribution is 2.14. The van der Waals surface area contributed by atoms with Crippen molar-refractivity contribution in [3.63, 3.8) is 0 Å². The molecule has 0 aliphatic carbocycles. The van der Waals surface area contributed by atoms with Crippen LogP contribution in [-0.4, -0.2) is 21.5 Å². The number of rotatable bonds is 8. The van der Waals surface area contributed by atoms with Crippen molar-refractivity contribution in [1.82, 2.24) is 14.9 Å². The fourth-order valence-electron chi connectivity index (χ4n) is 2.67. The number of hydrogen-bond donors (Lipinski definition) is 1. The molecule has 24 heavy (non-hydrogen) atoms. The molecule has 1 N–H and O–H groups in total. The lowest BCUT2D eigenvalue weighted by Crippen LogP contribution is -2.37. The van der Waals surface area contributed by atoms with Crippen molar-refractivity contribution in [2.75, 3.05) is 0 Å². The van der Waals surface area contributed by atoms with Gasteiger partial charge in [0.25, 0.3) is 5.56 Å². The normalized spacial score (nSPS) is 12.3. The SMILES string of the molecule is CCCCCC[C@H](C)NC(=O)Cn1cnc2ccc(Cl)cc2c1=O. The summed E-state index contributed by atoms with van der Waals surface area (Å²) < 4.78 is 1.32. The number of carbonyl (C=O) groups is 1. The Bertz CT molecular complexity index is 758. The summed E-state index contributed by atoms with van der Waals surface area (Å²) in [6.45, 7) is 4.13. The van der Waals surface area contributed by atoms with E-state index in [0.717, 1.165) is 12.8 Å². The molecule has 1 aromatic carbocycles. The van der Waals surface area contributed by atoms with Crippen LogP contribution in [0.5, 0.6) is 0 Å². The number of carbonyl (C=O) groups excluding carboxylic acids is 1. The van der Waals surface area contributed by atoms with E-state index in [1.165, 1.54) is 30.2 Å². The molecule has 2 rings (SSSR count). The average Bonchev–Trinajstić information content (AvgIpc) is 2.54. The average molecular weight is 350 g/mol. The third kappa shape index (κ3) is 5.06. The number of nitrogens with one attached hydrogen (secondary N) is 1. The molecule has 0 fully saturated rings. The molecular weight excluding hydrogens is 326 g/mol. The Morgan fingerprint density at radius 2 is 2.12 bits per heavy atom. The van der Waals surface area contributed by atoms with Crippen LogP contribution >= 0.6 is 11.6 Å². The monoisotopic (exact) mass is 349 g/mol. The van der Waals surface area contributed by atoms with Crippen molar-refractivity contribution in [1.29, 1.82) is 0 Å². The van der Waals surface area contributed by atoms with Gasteiger partial charge in [-0.2, -0.15) is 0 Å². The molecule has 0 bridgehead atoms. The number of fused-ring (bicyclic) bond motifs is 1. The topological polar surface area (TPSA) is 64.0 Å². The number of aromatic nitrogens is 2. The van der Waals surface area contributed by atoms with E-state index in [4.69, 9.17) is 11.6 Å². The van der Waals surface area contributed by atoms with Crippen LogP contribution < -0.4 is 10.9 Å². The van der Waals surface area contributed by atoms with Crippen molar-refractivity contribution >= 4 is 28.4 Å². The van der Waals surface area contributed by atoms with E-state index in [1.807, 2.05) is 6.92 Å². The van der Waals surface area contributed by atoms with Gasteiger partial charge in [-0.15, -0.1) is 0 Å². The molecule has 0 unspecified atom stereocenters. The highest BCUT2D eigenvalue weighted by Gasteiger charge is 2.11. The second kappa shape index (κ2) is 8.83. The van der Waals surface area contributed by atoms with Crippen LogP contribution in [0.25, 0.3) is 10.9 Å². The zero-order valence-corrected chi connectivity index (χ0v) is 15.0. The number of nitrogens with zero attached hydrogens (tertiary/aromatic N) is 2. The van der Waals surface area contributed by atoms with Gasteiger partial charge in [-0.25, -0.2) is 4.98 Å². The maximum Gasteiger partial charge on any atom is 0.261 e. The number of benzene rings is 1. The molecule has 130 valence electrons. The minimum Gasteiger partial charge on any atom is -0.352 e. The first kappa shape index (κ1) is 18.5. The van der Waals surface area contributed by atoms with Gasteiger partial charge in [0.2, 0.25) is 5.91 Å². The molecule has 6 heteroatoms. The van der Waals surface area contributed by atoms with Gasteiger partial charge in [0.05, 0.1) is 17.2 Å². The van der Waals surface area contributed by atoms with Crippen LogP contribution in [-0.2, 0) is 11.3 Å². The Kier molecular flexibility index (Phi) is 6.79. The second-order valence-corrected chi connectivity index (χ2v) is 6.59. The molecule has 0 saturated heterocycles. The molecule has 1 heterocycles. The van der Waals surface area contributed by atoms with Gasteiger partial charge in [0.1, 0.15) is 6.54 Å². The van der Waals surface area contributed by atoms with Crippen molar-refractivity contribution < 1.29 is 4.79 Å². The molecule has 1 atom stereocenters. The standard InChI is InChI=1S/C18H24ClN3O2/c1-3-4-5-6-7-13(2)21-17(23)11-22-12-20-16-9-8-14(19)10-15(16)18(22)24/h8-10,12-13H,3-7,11H2,1-2H3,(H,21,23)/t13-/m0/s1. The lowest BCUT2D eigenvalue weighted by Gasteiger charge is -2.14. The van der Waals surface area contributed by atoms with E-state index in [9.17, 15) is 9.59 Å². The minimum absolute atomic E-state index is 0.0341. The minimum atomic E-state index is -0.256. The molecule has 2 aromatic rings. The second-order valence-electron chi connectivity index (χ2n) is 6.16. The molecule has 0 radical (unpaired) electrons. The third-order valence-corrected chi connectivity index (χ3v) is 4.23. The van der Waals surface area contributed by atoms with Crippen LogP contribution in [0.15, 0.2) is 29.3 Å². The lowest BCUT2D eigenvalue weighted by molar-refractivity contribution is -0.122. The number of amides is 1. The maximum absolute atomic E-state index is 12.4. The van der Waals surface area contributed by atoms with E-state index < -0.39 is 0 Å². The lowest BCUT2D eigenvalue weighted by atomic mass is 10.1. The fourth-order valence-corrected chi connectivity index (χ4v) is 2.84. The number of halogens is 1. The summed E-state index contributed by atoms with van der Waals surface area (Å²) in [6.07, 6.45) is 7.07. The first-order valence-electron chi connectivity index (χ1n) is 8.45. The zero-order chi connectivity index (χ0) is 17.5. The molecule has 1 aromatic heterocycles. The summed E-state index contributed by atoms with van der Waals surface area (Å²) in [5, 5.41) is 3.84. The fraction of sp³-hybridized carbons (Fsp3) is 0.500. The summed E-state index contributed by atoms with van der Waals surface area (Å²) in [6, 6.07) is 5.07. The summed E-state index contributed by atoms with van der Waals surface area (Å²) in [7, 11) is 0. The quantitative estimate of drug-likeness (QED) is 0.741. The molecule has 1 amide bonds. The van der Waals surface area contributed by atoms with Crippen LogP contribution in [0, 0.1) is 0 Å². The number of unbranched alkanes of at least 4 members (excludes halogenated alkanes) is 3. The Hall–Kier alpha value is -1.88. The highest BCUT2D eigenvalue weighted by molar-refractivity contribution is 6.31. The van der Waals surface area contributed by atoms with Crippen molar-refractivity contribution in [3.8, 4) is 0 Å². The van der Waals surface area contributed by atoms with Gasteiger partial charge in [-0.1, -0.05) is 44.2 Å². The Balaban J connectivity index is 1.98. The van der Waals surface area contributed by atoms with Crippen LogP contribution in [0.1, 0.15) is 46.0 Å². The van der Waals surface area contributed by atoms with E-state index in [-0.39, 0.29) is 24.1 Å². The van der Waals surface area contributed by atoms with Gasteiger partial charge in [0.15, 0.2) is 0 Å². The first-order valence-corrected chi connectivity index (χ1v) is 8.83. The van der Waals surface area contributed by atoms with E-state index >= 15 is 0 Å². The largest absolute Gasteiger partial charge is 0.352 e. The van der Waals surface area contributed by atoms with Crippen LogP contribution in [0.3, 0.4) is 0 Å². The van der Waals surface area contributed by atoms with Gasteiger partial charge >= 0.3 is 0 Å². The van der Waals surface area contributed by atoms with Gasteiger partial charge in [-0.3, -0.25) is 14.2 Å². The predicted octanol–water partition coefficient (Wildman–Crippen LogP) is 3.53. The van der Waals surface area contributed by atoms with Gasteiger partial charge < -0.3 is 5.32 Å². The molecular formula is C18H24ClN3O2. The summed E-state index contributed by atoms with van der Waals surface area (Å²) in [5.41, 5.74) is 0.318. The van der Waals surface area contributed by atoms with Gasteiger partial charge in [-0.05, 0) is 31.5 Å². The first-order chi connectivity index (χ1) is 11.5. The van der Waals surface area contributed by atoms with E-state index in [0.29, 0.717) is 15.9 Å². The maximum atomic E-state index is 12.4. The van der Waals surface area contributed by atoms with Crippen molar-refractivity contribution in [2.24, 2.45) is 0 Å². The Morgan fingerprint density at radius 1 is 1.33 bits per heavy atom. The predicted molar refractivity (Wildman–Crippen MR) is 97.4 cm³/mol. The Labute approximate surface area is 147 Å². The summed E-state index contributed by atoms with van der Waals surface area (Å²) in [5.74, 6) is -0.178. The number of hydrogen-bond acceptors (Lipinski definition) is 3. The molecule has 0 spiro atoms. The van der Waals surface area contributed by atoms with Crippen LogP contribution in [0.2, 0.25) is 5.02 Å². The van der Waals surface area contributed by atoms with E-state index in [1.54, 1.807) is 18.2 Å². The highest BCUT2D eigenvalue weighted by atomic mass is 35.5. The molecule has 0 aliphatic rings. The smallest absolute Gasteiger partial charge is 0.261 e. The van der Waals surface area contributed by atoms with E-state index in [2.05, 4.69) is 17.2 Å². The summed E-state index contributed by atoms with van der Waals surface area (Å²) in [4.78, 5) is 28.8. The van der Waals surface area contributed by atoms with Gasteiger partial charge in [0, 0.05) is 11.1 Å². The zero-order valence-electron chi connectivity index (χ0n) is 14.2. The van der Waals surface area contributed by atoms with Crippen molar-refractivity contribution in [2.45, 2.75) is 58.5 Å². The Morgan fingerprint density at radius 3 is 2.88 bits per heavy atom. The van der Waals surface area contributed by atoms with Crippen LogP contribution in [0.4, 0.5) is 0 Å².